The summed E-state index contributed by atoms with van der Waals surface area (Å²) in [6.07, 6.45) is 3.67. The lowest BCUT2D eigenvalue weighted by atomic mass is 10.1. The van der Waals surface area contributed by atoms with E-state index in [1.165, 1.54) is 6.07 Å². The van der Waals surface area contributed by atoms with E-state index < -0.39 is 23.1 Å². The van der Waals surface area contributed by atoms with Gasteiger partial charge >= 0.3 is 5.97 Å². The molecule has 0 unspecified atom stereocenters. The highest BCUT2D eigenvalue weighted by Gasteiger charge is 2.28. The van der Waals surface area contributed by atoms with Crippen LogP contribution in [0.4, 0.5) is 10.1 Å². The third-order valence-electron chi connectivity index (χ3n) is 6.30. The van der Waals surface area contributed by atoms with Crippen LogP contribution in [0.15, 0.2) is 23.1 Å². The minimum atomic E-state index is -0.941. The zero-order chi connectivity index (χ0) is 22.8. The van der Waals surface area contributed by atoms with Crippen molar-refractivity contribution in [3.05, 3.63) is 39.9 Å². The molecule has 1 aromatic heterocycles. The van der Waals surface area contributed by atoms with Crippen molar-refractivity contribution in [1.29, 1.82) is 0 Å². The van der Waals surface area contributed by atoms with E-state index in [1.807, 2.05) is 9.47 Å². The number of hydrogen-bond donors (Lipinski definition) is 2. The highest BCUT2D eigenvalue weighted by Crippen LogP contribution is 2.38. The van der Waals surface area contributed by atoms with Crippen molar-refractivity contribution in [3.8, 4) is 0 Å². The van der Waals surface area contributed by atoms with E-state index in [1.54, 1.807) is 12.3 Å². The number of anilines is 1. The molecule has 2 aliphatic rings. The molecule has 8 nitrogen and oxygen atoms in total. The van der Waals surface area contributed by atoms with Gasteiger partial charge in [-0.05, 0) is 37.9 Å². The number of amides is 1. The number of aliphatic carboxylic acids is 1. The molecule has 1 amide bonds. The van der Waals surface area contributed by atoms with Gasteiger partial charge in [0.2, 0.25) is 5.43 Å². The second-order valence-electron chi connectivity index (χ2n) is 8.51. The van der Waals surface area contributed by atoms with Gasteiger partial charge in [-0.25, -0.2) is 4.39 Å². The summed E-state index contributed by atoms with van der Waals surface area (Å²) in [5, 5.41) is 11.5. The van der Waals surface area contributed by atoms with Crippen LogP contribution in [0.25, 0.3) is 10.9 Å². The number of fused-ring (bicyclic) bond motifs is 1. The van der Waals surface area contributed by atoms with Gasteiger partial charge in [0.15, 0.2) is 0 Å². The van der Waals surface area contributed by atoms with Crippen LogP contribution in [-0.4, -0.2) is 65.7 Å². The minimum Gasteiger partial charge on any atom is -0.481 e. The normalized spacial score (nSPS) is 17.0. The highest BCUT2D eigenvalue weighted by atomic mass is 19.1. The van der Waals surface area contributed by atoms with Crippen LogP contribution in [0.5, 0.6) is 0 Å². The largest absolute Gasteiger partial charge is 0.481 e. The number of likely N-dealkylation sites (N-methyl/N-ethyl adjacent to an activating group) is 1. The molecule has 0 spiro atoms. The lowest BCUT2D eigenvalue weighted by Crippen LogP contribution is -2.46. The monoisotopic (exact) mass is 444 g/mol. The van der Waals surface area contributed by atoms with Crippen molar-refractivity contribution in [1.82, 2.24) is 14.8 Å². The number of carboxylic acid groups (broad SMARTS) is 1. The Morgan fingerprint density at radius 2 is 1.91 bits per heavy atom. The van der Waals surface area contributed by atoms with Crippen LogP contribution < -0.4 is 15.6 Å². The quantitative estimate of drug-likeness (QED) is 0.607. The average molecular weight is 445 g/mol. The summed E-state index contributed by atoms with van der Waals surface area (Å²) in [4.78, 5) is 40.7. The second-order valence-corrected chi connectivity index (χ2v) is 8.51. The zero-order valence-electron chi connectivity index (χ0n) is 18.3. The number of nitrogens with zero attached hydrogens (tertiary/aromatic N) is 3. The standard InChI is InChI=1S/C23H29FN4O4/c1-2-26-8-10-27(11-9-26)20-13-19-16(12-18(20)24)22(31)17(14-28(19)15-5-6-15)23(32)25-7-3-4-21(29)30/h12-15H,2-11H2,1H3,(H,25,32)(H,29,30). The molecule has 1 aliphatic carbocycles. The Labute approximate surface area is 185 Å². The first kappa shape index (κ1) is 22.3. The molecule has 172 valence electrons. The van der Waals surface area contributed by atoms with Crippen LogP contribution in [0.2, 0.25) is 0 Å². The van der Waals surface area contributed by atoms with E-state index in [0.717, 1.165) is 45.6 Å². The molecule has 2 N–H and O–H groups in total. The summed E-state index contributed by atoms with van der Waals surface area (Å²) < 4.78 is 17.0. The summed E-state index contributed by atoms with van der Waals surface area (Å²) in [6, 6.07) is 3.20. The number of nitrogens with one attached hydrogen (secondary N) is 1. The van der Waals surface area contributed by atoms with E-state index in [2.05, 4.69) is 17.1 Å². The van der Waals surface area contributed by atoms with Crippen LogP contribution in [0, 0.1) is 5.82 Å². The van der Waals surface area contributed by atoms with Gasteiger partial charge in [0.05, 0.1) is 11.2 Å². The van der Waals surface area contributed by atoms with Crippen LogP contribution in [0.1, 0.15) is 49.0 Å². The fourth-order valence-electron chi connectivity index (χ4n) is 4.26. The molecule has 0 radical (unpaired) electrons. The molecular formula is C23H29FN4O4. The number of rotatable bonds is 8. The first-order valence-electron chi connectivity index (χ1n) is 11.2. The van der Waals surface area contributed by atoms with Crippen LogP contribution in [-0.2, 0) is 4.79 Å². The molecule has 4 rings (SSSR count). The van der Waals surface area contributed by atoms with Gasteiger partial charge < -0.3 is 24.8 Å². The van der Waals surface area contributed by atoms with E-state index in [4.69, 9.17) is 5.11 Å². The van der Waals surface area contributed by atoms with Gasteiger partial charge in [0.25, 0.3) is 5.91 Å². The van der Waals surface area contributed by atoms with E-state index in [9.17, 15) is 14.4 Å². The molecule has 9 heteroatoms. The molecule has 2 fully saturated rings. The van der Waals surface area contributed by atoms with Gasteiger partial charge in [-0.2, -0.15) is 0 Å². The second kappa shape index (κ2) is 9.28. The first-order valence-corrected chi connectivity index (χ1v) is 11.2. The van der Waals surface area contributed by atoms with Crippen molar-refractivity contribution in [2.45, 2.75) is 38.6 Å². The Bertz CT molecular complexity index is 1090. The molecule has 32 heavy (non-hydrogen) atoms. The molecule has 1 saturated carbocycles. The number of carboxylic acids is 1. The summed E-state index contributed by atoms with van der Waals surface area (Å²) in [5.41, 5.74) is 0.597. The Hall–Kier alpha value is -2.94. The number of hydrogen-bond acceptors (Lipinski definition) is 5. The minimum absolute atomic E-state index is 0.0385. The Morgan fingerprint density at radius 1 is 1.19 bits per heavy atom. The van der Waals surface area contributed by atoms with Gasteiger partial charge in [-0.15, -0.1) is 0 Å². The number of aromatic nitrogens is 1. The summed E-state index contributed by atoms with van der Waals surface area (Å²) >= 11 is 0. The maximum absolute atomic E-state index is 15.1. The van der Waals surface area contributed by atoms with Crippen molar-refractivity contribution in [2.24, 2.45) is 0 Å². The molecule has 2 heterocycles. The number of benzene rings is 1. The molecule has 0 bridgehead atoms. The van der Waals surface area contributed by atoms with Crippen LogP contribution >= 0.6 is 0 Å². The number of carbonyl (C=O) groups is 2. The fraction of sp³-hybridized carbons (Fsp3) is 0.522. The first-order chi connectivity index (χ1) is 15.4. The highest BCUT2D eigenvalue weighted by molar-refractivity contribution is 5.98. The number of piperazine rings is 1. The number of halogens is 1. The van der Waals surface area contributed by atoms with Crippen LogP contribution in [0.3, 0.4) is 0 Å². The van der Waals surface area contributed by atoms with Crippen molar-refractivity contribution in [2.75, 3.05) is 44.2 Å². The lowest BCUT2D eigenvalue weighted by Gasteiger charge is -2.35. The third kappa shape index (κ3) is 4.62. The van der Waals surface area contributed by atoms with E-state index in [0.29, 0.717) is 11.2 Å². The SMILES string of the molecule is CCN1CCN(c2cc3c(cc2F)c(=O)c(C(=O)NCCCC(=O)O)cn3C2CC2)CC1. The van der Waals surface area contributed by atoms with Crippen molar-refractivity contribution >= 4 is 28.5 Å². The summed E-state index contributed by atoms with van der Waals surface area (Å²) in [7, 11) is 0. The van der Waals surface area contributed by atoms with E-state index in [-0.39, 0.29) is 36.4 Å². The van der Waals surface area contributed by atoms with Gasteiger partial charge in [0, 0.05) is 56.8 Å². The Kier molecular flexibility index (Phi) is 6.45. The lowest BCUT2D eigenvalue weighted by molar-refractivity contribution is -0.137. The predicted octanol–water partition coefficient (Wildman–Crippen LogP) is 2.21. The van der Waals surface area contributed by atoms with E-state index >= 15 is 4.39 Å². The molecule has 1 aromatic carbocycles. The average Bonchev–Trinajstić information content (AvgIpc) is 3.62. The molecule has 1 saturated heterocycles. The van der Waals surface area contributed by atoms with Gasteiger partial charge in [-0.1, -0.05) is 6.92 Å². The molecule has 0 atom stereocenters. The summed E-state index contributed by atoms with van der Waals surface area (Å²) in [6.45, 7) is 6.41. The van der Waals surface area contributed by atoms with Gasteiger partial charge in [0.1, 0.15) is 11.4 Å². The molecule has 2 aromatic rings. The smallest absolute Gasteiger partial charge is 0.303 e. The Balaban J connectivity index is 1.66. The predicted molar refractivity (Wildman–Crippen MR) is 120 cm³/mol. The van der Waals surface area contributed by atoms with Crippen molar-refractivity contribution < 1.29 is 19.1 Å². The number of carbonyl (C=O) groups excluding carboxylic acids is 1. The van der Waals surface area contributed by atoms with Gasteiger partial charge in [-0.3, -0.25) is 14.4 Å². The third-order valence-corrected chi connectivity index (χ3v) is 6.30. The maximum Gasteiger partial charge on any atom is 0.303 e. The topological polar surface area (TPSA) is 94.9 Å². The fourth-order valence-corrected chi connectivity index (χ4v) is 4.26. The summed E-state index contributed by atoms with van der Waals surface area (Å²) in [5.74, 6) is -1.96. The molecule has 1 aliphatic heterocycles. The molecular weight excluding hydrogens is 415 g/mol. The zero-order valence-corrected chi connectivity index (χ0v) is 18.3. The maximum atomic E-state index is 15.1. The Morgan fingerprint density at radius 3 is 2.53 bits per heavy atom. The van der Waals surface area contributed by atoms with Crippen molar-refractivity contribution in [3.63, 3.8) is 0 Å². The number of pyridine rings is 1.